The maximum absolute atomic E-state index is 11.8. The molecule has 1 heterocycles. The molecule has 3 nitrogen and oxygen atoms in total. The topological polar surface area (TPSA) is 51.2 Å². The van der Waals surface area contributed by atoms with Crippen molar-refractivity contribution in [1.29, 1.82) is 0 Å². The molecule has 3 atom stereocenters. The van der Waals surface area contributed by atoms with Crippen LogP contribution in [0.5, 0.6) is 0 Å². The van der Waals surface area contributed by atoms with Crippen molar-refractivity contribution in [1.82, 2.24) is 0 Å². The van der Waals surface area contributed by atoms with Crippen LogP contribution in [0, 0.1) is 18.8 Å². The number of thiophene rings is 1. The van der Waals surface area contributed by atoms with Gasteiger partial charge in [-0.25, -0.2) is 0 Å². The summed E-state index contributed by atoms with van der Waals surface area (Å²) in [7, 11) is 0. The highest BCUT2D eigenvalue weighted by Gasteiger charge is 2.51. The second kappa shape index (κ2) is 4.12. The lowest BCUT2D eigenvalue weighted by atomic mass is 9.75. The smallest absolute Gasteiger partial charge is 0.264 e. The second-order valence-corrected chi connectivity index (χ2v) is 6.55. The first-order chi connectivity index (χ1) is 8.58. The summed E-state index contributed by atoms with van der Waals surface area (Å²) in [5, 5.41) is 0. The SMILES string of the molecule is Cc1ccc(C2CCC3C(=O)C(=O)C(=O)C3C2)s1. The van der Waals surface area contributed by atoms with E-state index in [1.807, 2.05) is 0 Å². The van der Waals surface area contributed by atoms with E-state index in [0.717, 1.165) is 6.42 Å². The van der Waals surface area contributed by atoms with Crippen molar-refractivity contribution in [3.05, 3.63) is 21.9 Å². The number of fused-ring (bicyclic) bond motifs is 1. The Labute approximate surface area is 109 Å². The molecule has 0 radical (unpaired) electrons. The predicted molar refractivity (Wildman–Crippen MR) is 67.6 cm³/mol. The first-order valence-corrected chi connectivity index (χ1v) is 7.08. The summed E-state index contributed by atoms with van der Waals surface area (Å²) in [5.41, 5.74) is 0. The van der Waals surface area contributed by atoms with Gasteiger partial charge in [-0.1, -0.05) is 0 Å². The summed E-state index contributed by atoms with van der Waals surface area (Å²) < 4.78 is 0. The monoisotopic (exact) mass is 262 g/mol. The Balaban J connectivity index is 1.84. The molecular weight excluding hydrogens is 248 g/mol. The van der Waals surface area contributed by atoms with Crippen LogP contribution < -0.4 is 0 Å². The minimum atomic E-state index is -0.756. The van der Waals surface area contributed by atoms with E-state index in [2.05, 4.69) is 19.1 Å². The minimum absolute atomic E-state index is 0.317. The van der Waals surface area contributed by atoms with Gasteiger partial charge in [-0.05, 0) is 44.2 Å². The normalized spacial score (nSPS) is 31.8. The van der Waals surface area contributed by atoms with E-state index >= 15 is 0 Å². The zero-order valence-electron chi connectivity index (χ0n) is 10.1. The largest absolute Gasteiger partial charge is 0.290 e. The number of carbonyl (C=O) groups excluding carboxylic acids is 3. The molecule has 0 bridgehead atoms. The molecule has 0 aromatic carbocycles. The zero-order chi connectivity index (χ0) is 12.9. The Morgan fingerprint density at radius 3 is 2.44 bits per heavy atom. The molecule has 0 saturated heterocycles. The van der Waals surface area contributed by atoms with Crippen LogP contribution in [0.15, 0.2) is 12.1 Å². The van der Waals surface area contributed by atoms with Crippen LogP contribution in [0.25, 0.3) is 0 Å². The van der Waals surface area contributed by atoms with Gasteiger partial charge in [0, 0.05) is 21.6 Å². The van der Waals surface area contributed by atoms with Crippen LogP contribution in [-0.2, 0) is 14.4 Å². The number of ketones is 3. The van der Waals surface area contributed by atoms with Gasteiger partial charge >= 0.3 is 0 Å². The number of rotatable bonds is 1. The molecule has 1 aromatic rings. The lowest BCUT2D eigenvalue weighted by Gasteiger charge is -2.28. The number of aryl methyl sites for hydroxylation is 1. The Hall–Kier alpha value is -1.29. The number of hydrogen-bond donors (Lipinski definition) is 0. The molecule has 18 heavy (non-hydrogen) atoms. The average molecular weight is 262 g/mol. The minimum Gasteiger partial charge on any atom is -0.290 e. The third-order valence-corrected chi connectivity index (χ3v) is 5.30. The lowest BCUT2D eigenvalue weighted by Crippen LogP contribution is -2.25. The maximum atomic E-state index is 11.8. The molecule has 0 N–H and O–H groups in total. The molecule has 0 aliphatic heterocycles. The van der Waals surface area contributed by atoms with E-state index in [0.29, 0.717) is 18.8 Å². The summed E-state index contributed by atoms with van der Waals surface area (Å²) in [5.74, 6) is -1.96. The fourth-order valence-corrected chi connectivity index (χ4v) is 4.19. The van der Waals surface area contributed by atoms with Crippen molar-refractivity contribution in [2.24, 2.45) is 11.8 Å². The van der Waals surface area contributed by atoms with E-state index < -0.39 is 17.3 Å². The fourth-order valence-electron chi connectivity index (χ4n) is 3.16. The van der Waals surface area contributed by atoms with Gasteiger partial charge in [-0.15, -0.1) is 11.3 Å². The zero-order valence-corrected chi connectivity index (χ0v) is 11.0. The van der Waals surface area contributed by atoms with E-state index in [-0.39, 0.29) is 11.8 Å². The Bertz CT molecular complexity index is 543. The fraction of sp³-hybridized carbons (Fsp3) is 0.500. The van der Waals surface area contributed by atoms with Crippen LogP contribution in [0.3, 0.4) is 0 Å². The standard InChI is InChI=1S/C14H14O3S/c1-7-2-5-11(18-7)8-3-4-9-10(6-8)13(16)14(17)12(9)15/h2,5,8-10H,3-4,6H2,1H3. The van der Waals surface area contributed by atoms with Crippen molar-refractivity contribution in [2.45, 2.75) is 32.1 Å². The Kier molecular flexibility index (Phi) is 2.70. The van der Waals surface area contributed by atoms with Crippen LogP contribution >= 0.6 is 11.3 Å². The molecule has 1 aromatic heterocycles. The molecular formula is C14H14O3S. The van der Waals surface area contributed by atoms with Gasteiger partial charge in [0.15, 0.2) is 0 Å². The van der Waals surface area contributed by atoms with Gasteiger partial charge in [0.05, 0.1) is 0 Å². The van der Waals surface area contributed by atoms with Crippen molar-refractivity contribution in [3.63, 3.8) is 0 Å². The molecule has 2 fully saturated rings. The lowest BCUT2D eigenvalue weighted by molar-refractivity contribution is -0.141. The summed E-state index contributed by atoms with van der Waals surface area (Å²) in [6.07, 6.45) is 2.26. The molecule has 3 unspecified atom stereocenters. The first kappa shape index (κ1) is 11.8. The van der Waals surface area contributed by atoms with Crippen LogP contribution in [0.4, 0.5) is 0 Å². The molecule has 2 saturated carbocycles. The van der Waals surface area contributed by atoms with Gasteiger partial charge in [-0.2, -0.15) is 0 Å². The number of carbonyl (C=O) groups is 3. The summed E-state index contributed by atoms with van der Waals surface area (Å²) >= 11 is 1.75. The molecule has 2 aliphatic carbocycles. The van der Waals surface area contributed by atoms with Gasteiger partial charge in [0.25, 0.3) is 5.78 Å². The van der Waals surface area contributed by atoms with E-state index in [4.69, 9.17) is 0 Å². The Morgan fingerprint density at radius 2 is 1.78 bits per heavy atom. The molecule has 0 spiro atoms. The summed E-state index contributed by atoms with van der Waals surface area (Å²) in [4.78, 5) is 37.4. The molecule has 2 aliphatic rings. The highest BCUT2D eigenvalue weighted by molar-refractivity contribution is 7.12. The number of Topliss-reactive ketones (excluding diaryl/α,β-unsaturated/α-hetero) is 3. The third-order valence-electron chi connectivity index (χ3n) is 4.13. The van der Waals surface area contributed by atoms with Crippen molar-refractivity contribution >= 4 is 28.7 Å². The predicted octanol–water partition coefficient (Wildman–Crippen LogP) is 2.28. The van der Waals surface area contributed by atoms with E-state index in [1.54, 1.807) is 11.3 Å². The first-order valence-electron chi connectivity index (χ1n) is 6.26. The van der Waals surface area contributed by atoms with Crippen LogP contribution in [-0.4, -0.2) is 17.3 Å². The number of hydrogen-bond acceptors (Lipinski definition) is 4. The van der Waals surface area contributed by atoms with Crippen LogP contribution in [0.2, 0.25) is 0 Å². The maximum Gasteiger partial charge on any atom is 0.264 e. The molecule has 0 amide bonds. The van der Waals surface area contributed by atoms with Gasteiger partial charge < -0.3 is 0 Å². The Morgan fingerprint density at radius 1 is 1.06 bits per heavy atom. The van der Waals surface area contributed by atoms with Gasteiger partial charge in [-0.3, -0.25) is 14.4 Å². The van der Waals surface area contributed by atoms with Crippen molar-refractivity contribution < 1.29 is 14.4 Å². The van der Waals surface area contributed by atoms with Gasteiger partial charge in [0.2, 0.25) is 11.6 Å². The molecule has 3 rings (SSSR count). The van der Waals surface area contributed by atoms with Crippen molar-refractivity contribution in [2.75, 3.05) is 0 Å². The highest BCUT2D eigenvalue weighted by Crippen LogP contribution is 2.44. The van der Waals surface area contributed by atoms with Gasteiger partial charge in [0.1, 0.15) is 0 Å². The molecule has 4 heteroatoms. The average Bonchev–Trinajstić information content (AvgIpc) is 2.89. The van der Waals surface area contributed by atoms with Crippen LogP contribution in [0.1, 0.15) is 34.9 Å². The van der Waals surface area contributed by atoms with E-state index in [1.165, 1.54) is 9.75 Å². The molecule has 94 valence electrons. The highest BCUT2D eigenvalue weighted by atomic mass is 32.1. The second-order valence-electron chi connectivity index (χ2n) is 5.23. The third kappa shape index (κ3) is 1.67. The van der Waals surface area contributed by atoms with Crippen molar-refractivity contribution in [3.8, 4) is 0 Å². The summed E-state index contributed by atoms with van der Waals surface area (Å²) in [6.45, 7) is 2.06. The quantitative estimate of drug-likeness (QED) is 0.730. The summed E-state index contributed by atoms with van der Waals surface area (Å²) in [6, 6.07) is 4.19. The van der Waals surface area contributed by atoms with E-state index in [9.17, 15) is 14.4 Å².